The van der Waals surface area contributed by atoms with Crippen LogP contribution in [0.3, 0.4) is 0 Å². The van der Waals surface area contributed by atoms with Gasteiger partial charge in [-0.1, -0.05) is 13.8 Å². The highest BCUT2D eigenvalue weighted by atomic mass is 32.1. The van der Waals surface area contributed by atoms with Crippen molar-refractivity contribution >= 4 is 33.8 Å². The molecule has 0 fully saturated rings. The van der Waals surface area contributed by atoms with E-state index in [1.165, 1.54) is 11.3 Å². The first-order chi connectivity index (χ1) is 9.21. The Balaban J connectivity index is 1.81. The van der Waals surface area contributed by atoms with Crippen molar-refractivity contribution in [1.29, 1.82) is 0 Å². The number of rotatable bonds is 5. The van der Waals surface area contributed by atoms with Gasteiger partial charge in [-0.15, -0.1) is 22.7 Å². The standard InChI is InChI=1S/C12H16N4OS2/c1-3-8-6-19-12(15-8)16-11(17)13-5-9-7-18-10(4-2)14-9/h6-7H,3-5H2,1-2H3,(H2,13,15,16,17). The molecule has 2 heterocycles. The lowest BCUT2D eigenvalue weighted by atomic mass is 10.4. The second-order valence-corrected chi connectivity index (χ2v) is 5.69. The smallest absolute Gasteiger partial charge is 0.321 e. The third-order valence-corrected chi connectivity index (χ3v) is 4.31. The zero-order valence-electron chi connectivity index (χ0n) is 10.9. The van der Waals surface area contributed by atoms with E-state index in [1.54, 1.807) is 11.3 Å². The Kier molecular flexibility index (Phi) is 4.86. The van der Waals surface area contributed by atoms with E-state index in [0.29, 0.717) is 11.7 Å². The van der Waals surface area contributed by atoms with Gasteiger partial charge in [-0.25, -0.2) is 14.8 Å². The van der Waals surface area contributed by atoms with E-state index < -0.39 is 0 Å². The minimum absolute atomic E-state index is 0.247. The largest absolute Gasteiger partial charge is 0.332 e. The summed E-state index contributed by atoms with van der Waals surface area (Å²) in [6.45, 7) is 4.54. The van der Waals surface area contributed by atoms with Crippen LogP contribution in [0.25, 0.3) is 0 Å². The zero-order chi connectivity index (χ0) is 13.7. The summed E-state index contributed by atoms with van der Waals surface area (Å²) in [5.74, 6) is 0. The number of aromatic nitrogens is 2. The molecule has 0 aliphatic rings. The highest BCUT2D eigenvalue weighted by Crippen LogP contribution is 2.15. The van der Waals surface area contributed by atoms with Crippen molar-refractivity contribution in [3.05, 3.63) is 27.2 Å². The van der Waals surface area contributed by atoms with Crippen LogP contribution in [0.2, 0.25) is 0 Å². The number of urea groups is 1. The quantitative estimate of drug-likeness (QED) is 0.891. The van der Waals surface area contributed by atoms with Crippen molar-refractivity contribution in [2.24, 2.45) is 0 Å². The minimum Gasteiger partial charge on any atom is -0.332 e. The molecule has 0 spiro atoms. The second kappa shape index (κ2) is 6.63. The third kappa shape index (κ3) is 4.00. The average molecular weight is 296 g/mol. The van der Waals surface area contributed by atoms with Crippen molar-refractivity contribution in [3.63, 3.8) is 0 Å². The predicted molar refractivity (Wildman–Crippen MR) is 78.8 cm³/mol. The number of thiazole rings is 2. The van der Waals surface area contributed by atoms with Crippen LogP contribution in [0.5, 0.6) is 0 Å². The fraction of sp³-hybridized carbons (Fsp3) is 0.417. The van der Waals surface area contributed by atoms with Gasteiger partial charge in [0.2, 0.25) is 0 Å². The zero-order valence-corrected chi connectivity index (χ0v) is 12.5. The summed E-state index contributed by atoms with van der Waals surface area (Å²) in [4.78, 5) is 20.3. The van der Waals surface area contributed by atoms with Crippen LogP contribution >= 0.6 is 22.7 Å². The summed E-state index contributed by atoms with van der Waals surface area (Å²) in [7, 11) is 0. The highest BCUT2D eigenvalue weighted by Gasteiger charge is 2.06. The summed E-state index contributed by atoms with van der Waals surface area (Å²) in [5, 5.41) is 11.1. The molecular weight excluding hydrogens is 280 g/mol. The molecule has 5 nitrogen and oxygen atoms in total. The fourth-order valence-electron chi connectivity index (χ4n) is 1.43. The molecule has 2 rings (SSSR count). The van der Waals surface area contributed by atoms with Gasteiger partial charge in [0.15, 0.2) is 5.13 Å². The molecule has 0 aliphatic carbocycles. The number of anilines is 1. The summed E-state index contributed by atoms with van der Waals surface area (Å²) in [6.07, 6.45) is 1.80. The van der Waals surface area contributed by atoms with Gasteiger partial charge in [-0.3, -0.25) is 5.32 Å². The normalized spacial score (nSPS) is 10.4. The summed E-state index contributed by atoms with van der Waals surface area (Å²) < 4.78 is 0. The molecule has 2 amide bonds. The summed E-state index contributed by atoms with van der Waals surface area (Å²) in [6, 6.07) is -0.247. The maximum Gasteiger partial charge on any atom is 0.321 e. The van der Waals surface area contributed by atoms with Gasteiger partial charge in [-0.2, -0.15) is 0 Å². The van der Waals surface area contributed by atoms with Crippen LogP contribution in [-0.2, 0) is 19.4 Å². The summed E-state index contributed by atoms with van der Waals surface area (Å²) >= 11 is 3.05. The van der Waals surface area contributed by atoms with Gasteiger partial charge in [0, 0.05) is 10.8 Å². The topological polar surface area (TPSA) is 66.9 Å². The summed E-state index contributed by atoms with van der Waals surface area (Å²) in [5.41, 5.74) is 1.89. The molecule has 0 bridgehead atoms. The lowest BCUT2D eigenvalue weighted by molar-refractivity contribution is 0.251. The Bertz CT molecular complexity index is 549. The minimum atomic E-state index is -0.247. The van der Waals surface area contributed by atoms with E-state index in [1.807, 2.05) is 17.7 Å². The first-order valence-corrected chi connectivity index (χ1v) is 7.89. The Morgan fingerprint density at radius 2 is 1.95 bits per heavy atom. The van der Waals surface area contributed by atoms with Crippen LogP contribution in [0.4, 0.5) is 9.93 Å². The van der Waals surface area contributed by atoms with Gasteiger partial charge < -0.3 is 5.32 Å². The number of aryl methyl sites for hydroxylation is 2. The van der Waals surface area contributed by atoms with Gasteiger partial charge in [-0.05, 0) is 12.8 Å². The molecule has 0 unspecified atom stereocenters. The van der Waals surface area contributed by atoms with Crippen molar-refractivity contribution in [2.75, 3.05) is 5.32 Å². The Morgan fingerprint density at radius 1 is 1.16 bits per heavy atom. The molecule has 0 aromatic carbocycles. The number of nitrogens with zero attached hydrogens (tertiary/aromatic N) is 2. The Morgan fingerprint density at radius 3 is 2.58 bits per heavy atom. The predicted octanol–water partition coefficient (Wildman–Crippen LogP) is 3.05. The number of carbonyl (C=O) groups is 1. The molecule has 102 valence electrons. The number of hydrogen-bond acceptors (Lipinski definition) is 5. The van der Waals surface area contributed by atoms with Crippen LogP contribution < -0.4 is 10.6 Å². The molecule has 19 heavy (non-hydrogen) atoms. The average Bonchev–Trinajstić information content (AvgIpc) is 3.04. The molecular formula is C12H16N4OS2. The number of hydrogen-bond donors (Lipinski definition) is 2. The van der Waals surface area contributed by atoms with E-state index in [0.717, 1.165) is 29.2 Å². The third-order valence-electron chi connectivity index (χ3n) is 2.47. The van der Waals surface area contributed by atoms with Crippen LogP contribution in [0.1, 0.15) is 30.2 Å². The Hall–Kier alpha value is -1.47. The van der Waals surface area contributed by atoms with E-state index >= 15 is 0 Å². The second-order valence-electron chi connectivity index (χ2n) is 3.89. The first kappa shape index (κ1) is 14.0. The first-order valence-electron chi connectivity index (χ1n) is 6.13. The van der Waals surface area contributed by atoms with Crippen molar-refractivity contribution < 1.29 is 4.79 Å². The maximum absolute atomic E-state index is 11.7. The van der Waals surface area contributed by atoms with Crippen molar-refractivity contribution in [1.82, 2.24) is 15.3 Å². The van der Waals surface area contributed by atoms with Crippen molar-refractivity contribution in [3.8, 4) is 0 Å². The molecule has 2 aromatic rings. The Labute approximate surface area is 120 Å². The molecule has 0 saturated heterocycles. The number of amides is 2. The van der Waals surface area contributed by atoms with Gasteiger partial charge >= 0.3 is 6.03 Å². The molecule has 7 heteroatoms. The highest BCUT2D eigenvalue weighted by molar-refractivity contribution is 7.13. The number of carbonyl (C=O) groups excluding carboxylic acids is 1. The van der Waals surface area contributed by atoms with Crippen molar-refractivity contribution in [2.45, 2.75) is 33.2 Å². The molecule has 0 aliphatic heterocycles. The molecule has 2 aromatic heterocycles. The van der Waals surface area contributed by atoms with E-state index in [4.69, 9.17) is 0 Å². The van der Waals surface area contributed by atoms with Crippen LogP contribution in [-0.4, -0.2) is 16.0 Å². The van der Waals surface area contributed by atoms with Gasteiger partial charge in [0.25, 0.3) is 0 Å². The van der Waals surface area contributed by atoms with Gasteiger partial charge in [0.1, 0.15) is 0 Å². The monoisotopic (exact) mass is 296 g/mol. The lowest BCUT2D eigenvalue weighted by Crippen LogP contribution is -2.28. The molecule has 0 saturated carbocycles. The van der Waals surface area contributed by atoms with E-state index in [2.05, 4.69) is 27.5 Å². The number of nitrogens with one attached hydrogen (secondary N) is 2. The van der Waals surface area contributed by atoms with E-state index in [-0.39, 0.29) is 6.03 Å². The molecule has 0 atom stereocenters. The van der Waals surface area contributed by atoms with Crippen LogP contribution in [0, 0.1) is 0 Å². The SMILES string of the molecule is CCc1csc(NC(=O)NCc2csc(CC)n2)n1. The molecule has 2 N–H and O–H groups in total. The molecule has 0 radical (unpaired) electrons. The van der Waals surface area contributed by atoms with E-state index in [9.17, 15) is 4.79 Å². The van der Waals surface area contributed by atoms with Crippen LogP contribution in [0.15, 0.2) is 10.8 Å². The lowest BCUT2D eigenvalue weighted by Gasteiger charge is -2.03. The fourth-order valence-corrected chi connectivity index (χ4v) is 2.96. The van der Waals surface area contributed by atoms with Gasteiger partial charge in [0.05, 0.1) is 22.9 Å². The maximum atomic E-state index is 11.7.